The molecule has 0 aliphatic rings. The van der Waals surface area contributed by atoms with E-state index in [0.717, 1.165) is 7.11 Å². The number of imidazole rings is 1. The fourth-order valence-corrected chi connectivity index (χ4v) is 4.40. The van der Waals surface area contributed by atoms with Gasteiger partial charge < -0.3 is 23.1 Å². The number of esters is 2. The maximum Gasteiger partial charge on any atom is 0.345 e. The molecule has 0 spiro atoms. The van der Waals surface area contributed by atoms with Crippen LogP contribution in [-0.4, -0.2) is 54.6 Å². The molecule has 2 unspecified atom stereocenters. The van der Waals surface area contributed by atoms with Gasteiger partial charge in [-0.25, -0.2) is 4.98 Å². The maximum atomic E-state index is 13.1. The third kappa shape index (κ3) is 4.90. The van der Waals surface area contributed by atoms with Gasteiger partial charge in [-0.2, -0.15) is 0 Å². The zero-order valence-corrected chi connectivity index (χ0v) is 15.1. The predicted molar refractivity (Wildman–Crippen MR) is 84.4 cm³/mol. The van der Waals surface area contributed by atoms with Gasteiger partial charge in [-0.05, 0) is 13.8 Å². The third-order valence-corrected chi connectivity index (χ3v) is 5.74. The van der Waals surface area contributed by atoms with E-state index in [2.05, 4.69) is 4.98 Å². The topological polar surface area (TPSA) is 106 Å². The molecule has 0 N–H and O–H groups in total. The van der Waals surface area contributed by atoms with Crippen molar-refractivity contribution in [1.82, 2.24) is 9.55 Å². The molecule has 10 heteroatoms. The van der Waals surface area contributed by atoms with Gasteiger partial charge in [0, 0.05) is 18.9 Å². The minimum absolute atomic E-state index is 0.0105. The molecule has 0 aliphatic carbocycles. The Morgan fingerprint density at radius 1 is 1.12 bits per heavy atom. The highest BCUT2D eigenvalue weighted by molar-refractivity contribution is 7.55. The van der Waals surface area contributed by atoms with Crippen molar-refractivity contribution in [2.24, 2.45) is 5.92 Å². The summed E-state index contributed by atoms with van der Waals surface area (Å²) in [7, 11) is -1.63. The smallest absolute Gasteiger partial charge is 0.345 e. The number of carbonyl (C=O) groups excluding carboxylic acids is 2. The lowest BCUT2D eigenvalue weighted by molar-refractivity contribution is -0.152. The minimum atomic E-state index is -3.95. The molecule has 0 fully saturated rings. The Labute approximate surface area is 140 Å². The van der Waals surface area contributed by atoms with Gasteiger partial charge in [-0.1, -0.05) is 0 Å². The summed E-state index contributed by atoms with van der Waals surface area (Å²) in [5.74, 6) is -2.71. The Hall–Kier alpha value is -1.70. The Kier molecular flexibility index (Phi) is 8.10. The van der Waals surface area contributed by atoms with Gasteiger partial charge in [0.15, 0.2) is 5.66 Å². The van der Waals surface area contributed by atoms with Gasteiger partial charge >= 0.3 is 19.5 Å². The Bertz CT molecular complexity index is 566. The first-order valence-corrected chi connectivity index (χ1v) is 9.04. The van der Waals surface area contributed by atoms with Crippen LogP contribution in [0, 0.1) is 5.92 Å². The van der Waals surface area contributed by atoms with Crippen molar-refractivity contribution >= 4 is 19.5 Å². The summed E-state index contributed by atoms with van der Waals surface area (Å²) in [6.07, 6.45) is 4.60. The van der Waals surface area contributed by atoms with Crippen LogP contribution in [0.4, 0.5) is 0 Å². The van der Waals surface area contributed by atoms with Crippen molar-refractivity contribution < 1.29 is 32.7 Å². The highest BCUT2D eigenvalue weighted by Crippen LogP contribution is 2.56. The van der Waals surface area contributed by atoms with Crippen molar-refractivity contribution in [3.8, 4) is 0 Å². The first-order chi connectivity index (χ1) is 11.4. The molecule has 24 heavy (non-hydrogen) atoms. The van der Waals surface area contributed by atoms with Gasteiger partial charge in [-0.3, -0.25) is 14.2 Å². The van der Waals surface area contributed by atoms with E-state index in [1.807, 2.05) is 0 Å². The van der Waals surface area contributed by atoms with Crippen LogP contribution in [0.2, 0.25) is 0 Å². The number of aromatic nitrogens is 2. The molecular weight excluding hydrogens is 339 g/mol. The van der Waals surface area contributed by atoms with Crippen LogP contribution in [0.1, 0.15) is 13.8 Å². The number of ether oxygens (including phenoxy) is 2. The fourth-order valence-electron chi connectivity index (χ4n) is 2.27. The first-order valence-electron chi connectivity index (χ1n) is 7.43. The SMILES string of the molecule is CCOP(=O)(OCC)C(C(=O)OC)C(Cn1ccnc1)C(=O)OC. The molecule has 1 rings (SSSR count). The van der Waals surface area contributed by atoms with Crippen molar-refractivity contribution in [3.63, 3.8) is 0 Å². The van der Waals surface area contributed by atoms with E-state index >= 15 is 0 Å². The third-order valence-electron chi connectivity index (χ3n) is 3.25. The molecule has 0 saturated heterocycles. The standard InChI is InChI=1S/C14H23N2O7P/c1-5-22-24(19,23-6-2)12(14(18)21-4)11(13(17)20-3)9-16-8-7-15-10-16/h7-8,10-12H,5-6,9H2,1-4H3. The quantitative estimate of drug-likeness (QED) is 0.455. The van der Waals surface area contributed by atoms with Crippen molar-refractivity contribution in [2.75, 3.05) is 27.4 Å². The summed E-state index contributed by atoms with van der Waals surface area (Å²) >= 11 is 0. The van der Waals surface area contributed by atoms with Gasteiger partial charge in [0.25, 0.3) is 0 Å². The molecule has 2 atom stereocenters. The number of hydrogen-bond acceptors (Lipinski definition) is 8. The summed E-state index contributed by atoms with van der Waals surface area (Å²) in [6, 6.07) is 0. The van der Waals surface area contributed by atoms with E-state index in [1.54, 1.807) is 24.6 Å². The van der Waals surface area contributed by atoms with E-state index in [9.17, 15) is 14.2 Å². The van der Waals surface area contributed by atoms with E-state index in [1.165, 1.54) is 19.6 Å². The second-order valence-corrected chi connectivity index (χ2v) is 6.88. The van der Waals surface area contributed by atoms with Gasteiger partial charge in [-0.15, -0.1) is 0 Å². The molecule has 0 amide bonds. The number of rotatable bonds is 10. The fraction of sp³-hybridized carbons (Fsp3) is 0.643. The maximum absolute atomic E-state index is 13.1. The molecule has 0 saturated carbocycles. The van der Waals surface area contributed by atoms with Crippen LogP contribution < -0.4 is 0 Å². The Morgan fingerprint density at radius 3 is 2.12 bits per heavy atom. The van der Waals surface area contributed by atoms with Crippen molar-refractivity contribution in [3.05, 3.63) is 18.7 Å². The normalized spacial score (nSPS) is 14.0. The van der Waals surface area contributed by atoms with Crippen molar-refractivity contribution in [2.45, 2.75) is 26.1 Å². The molecule has 136 valence electrons. The zero-order valence-electron chi connectivity index (χ0n) is 14.2. The molecule has 1 aromatic heterocycles. The minimum Gasteiger partial charge on any atom is -0.469 e. The van der Waals surface area contributed by atoms with Crippen molar-refractivity contribution in [1.29, 1.82) is 0 Å². The molecule has 0 bridgehead atoms. The summed E-state index contributed by atoms with van der Waals surface area (Å²) in [5.41, 5.74) is -1.45. The number of nitrogens with zero attached hydrogens (tertiary/aromatic N) is 2. The predicted octanol–water partition coefficient (Wildman–Crippen LogP) is 1.48. The number of hydrogen-bond donors (Lipinski definition) is 0. The lowest BCUT2D eigenvalue weighted by atomic mass is 10.1. The van der Waals surface area contributed by atoms with Crippen LogP contribution in [0.25, 0.3) is 0 Å². The van der Waals surface area contributed by atoms with Gasteiger partial charge in [0.2, 0.25) is 0 Å². The van der Waals surface area contributed by atoms with Crippen LogP contribution in [-0.2, 0) is 39.2 Å². The van der Waals surface area contributed by atoms with E-state index in [-0.39, 0.29) is 19.8 Å². The summed E-state index contributed by atoms with van der Waals surface area (Å²) in [6.45, 7) is 3.33. The van der Waals surface area contributed by atoms with E-state index in [4.69, 9.17) is 18.5 Å². The molecule has 0 aromatic carbocycles. The lowest BCUT2D eigenvalue weighted by Crippen LogP contribution is -2.40. The van der Waals surface area contributed by atoms with E-state index in [0.29, 0.717) is 0 Å². The monoisotopic (exact) mass is 362 g/mol. The first kappa shape index (κ1) is 20.3. The van der Waals surface area contributed by atoms with Crippen LogP contribution in [0.15, 0.2) is 18.7 Å². The summed E-state index contributed by atoms with van der Waals surface area (Å²) in [4.78, 5) is 28.5. The van der Waals surface area contributed by atoms with Gasteiger partial charge in [0.05, 0.1) is 39.7 Å². The number of carbonyl (C=O) groups is 2. The molecule has 1 heterocycles. The Morgan fingerprint density at radius 2 is 1.71 bits per heavy atom. The average molecular weight is 362 g/mol. The average Bonchev–Trinajstić information content (AvgIpc) is 3.06. The number of methoxy groups -OCH3 is 2. The van der Waals surface area contributed by atoms with Crippen LogP contribution in [0.5, 0.6) is 0 Å². The molecule has 0 radical (unpaired) electrons. The molecular formula is C14H23N2O7P. The molecule has 0 aliphatic heterocycles. The molecule has 1 aromatic rings. The van der Waals surface area contributed by atoms with E-state index < -0.39 is 31.1 Å². The second-order valence-electron chi connectivity index (χ2n) is 4.73. The molecule has 9 nitrogen and oxygen atoms in total. The van der Waals surface area contributed by atoms with Crippen LogP contribution >= 0.6 is 7.60 Å². The summed E-state index contributed by atoms with van der Waals surface area (Å²) in [5, 5.41) is 0. The second kappa shape index (κ2) is 9.56. The lowest BCUT2D eigenvalue weighted by Gasteiger charge is -2.29. The van der Waals surface area contributed by atoms with Crippen LogP contribution in [0.3, 0.4) is 0 Å². The highest BCUT2D eigenvalue weighted by atomic mass is 31.2. The summed E-state index contributed by atoms with van der Waals surface area (Å²) < 4.78 is 34.7. The largest absolute Gasteiger partial charge is 0.469 e. The highest BCUT2D eigenvalue weighted by Gasteiger charge is 2.50. The zero-order chi connectivity index (χ0) is 18.2. The Balaban J connectivity index is 3.31. The van der Waals surface area contributed by atoms with Gasteiger partial charge in [0.1, 0.15) is 0 Å².